The molecule has 0 saturated heterocycles. The van der Waals surface area contributed by atoms with Gasteiger partial charge in [-0.25, -0.2) is 0 Å². The number of aromatic nitrogens is 2. The standard InChI is InChI=1S/C25H24N4O6/c1-16-24(17(2)28(27-16)14-18-5-4-6-21(13-18)33-3)26-25(30)23-12-11-22(35-23)15-34-20-9-7-19(8-10-20)29(31)32/h4-13H,14-15H2,1-3H3,(H,26,30). The molecule has 0 spiro atoms. The van der Waals surface area contributed by atoms with Crippen molar-refractivity contribution >= 4 is 17.3 Å². The Morgan fingerprint density at radius 1 is 1.11 bits per heavy atom. The number of nitrogens with zero attached hydrogens (tertiary/aromatic N) is 3. The van der Waals surface area contributed by atoms with E-state index in [0.717, 1.165) is 17.0 Å². The SMILES string of the molecule is COc1cccc(Cn2nc(C)c(NC(=O)c3ccc(COc4ccc([N+](=O)[O-])cc4)o3)c2C)c1. The van der Waals surface area contributed by atoms with Crippen molar-refractivity contribution in [3.8, 4) is 11.5 Å². The van der Waals surface area contributed by atoms with Crippen molar-refractivity contribution in [2.24, 2.45) is 0 Å². The Kier molecular flexibility index (Phi) is 6.81. The first kappa shape index (κ1) is 23.6. The second-order valence-electron chi connectivity index (χ2n) is 7.81. The van der Waals surface area contributed by atoms with E-state index < -0.39 is 10.8 Å². The van der Waals surface area contributed by atoms with Gasteiger partial charge in [-0.1, -0.05) is 12.1 Å². The van der Waals surface area contributed by atoms with Crippen LogP contribution >= 0.6 is 0 Å². The fraction of sp³-hybridized carbons (Fsp3) is 0.200. The third-order valence-electron chi connectivity index (χ3n) is 5.40. The second kappa shape index (κ2) is 10.1. The lowest BCUT2D eigenvalue weighted by Gasteiger charge is -2.08. The highest BCUT2D eigenvalue weighted by Gasteiger charge is 2.18. The molecule has 2 aromatic carbocycles. The number of carbonyl (C=O) groups is 1. The number of furan rings is 1. The predicted molar refractivity (Wildman–Crippen MR) is 128 cm³/mol. The summed E-state index contributed by atoms with van der Waals surface area (Å²) in [5, 5.41) is 18.2. The van der Waals surface area contributed by atoms with E-state index in [1.165, 1.54) is 24.3 Å². The van der Waals surface area contributed by atoms with Crippen molar-refractivity contribution in [1.82, 2.24) is 9.78 Å². The molecule has 1 N–H and O–H groups in total. The molecule has 0 aliphatic carbocycles. The van der Waals surface area contributed by atoms with Gasteiger partial charge in [0, 0.05) is 12.1 Å². The van der Waals surface area contributed by atoms with Crippen LogP contribution in [0.3, 0.4) is 0 Å². The fourth-order valence-electron chi connectivity index (χ4n) is 3.55. The third-order valence-corrected chi connectivity index (χ3v) is 5.40. The smallest absolute Gasteiger partial charge is 0.291 e. The van der Waals surface area contributed by atoms with Gasteiger partial charge in [0.25, 0.3) is 11.6 Å². The number of benzene rings is 2. The van der Waals surface area contributed by atoms with Gasteiger partial charge < -0.3 is 19.2 Å². The number of nitro groups is 1. The number of hydrogen-bond donors (Lipinski definition) is 1. The van der Waals surface area contributed by atoms with E-state index in [-0.39, 0.29) is 18.1 Å². The van der Waals surface area contributed by atoms with E-state index in [1.807, 2.05) is 42.8 Å². The number of non-ortho nitro benzene ring substituents is 1. The minimum Gasteiger partial charge on any atom is -0.497 e. The normalized spacial score (nSPS) is 10.7. The van der Waals surface area contributed by atoms with Crippen molar-refractivity contribution < 1.29 is 23.6 Å². The number of aryl methyl sites for hydroxylation is 1. The minimum absolute atomic E-state index is 0.0216. The lowest BCUT2D eigenvalue weighted by molar-refractivity contribution is -0.384. The number of nitrogens with one attached hydrogen (secondary N) is 1. The molecule has 180 valence electrons. The Morgan fingerprint density at radius 2 is 1.89 bits per heavy atom. The molecule has 0 aliphatic heterocycles. The first-order chi connectivity index (χ1) is 16.8. The van der Waals surface area contributed by atoms with E-state index in [4.69, 9.17) is 13.9 Å². The monoisotopic (exact) mass is 476 g/mol. The van der Waals surface area contributed by atoms with Gasteiger partial charge in [0.05, 0.1) is 35.7 Å². The molecule has 2 heterocycles. The lowest BCUT2D eigenvalue weighted by atomic mass is 10.2. The Morgan fingerprint density at radius 3 is 2.60 bits per heavy atom. The van der Waals surface area contributed by atoms with Crippen molar-refractivity contribution in [3.05, 3.63) is 99.2 Å². The van der Waals surface area contributed by atoms with Crippen molar-refractivity contribution in [1.29, 1.82) is 0 Å². The van der Waals surface area contributed by atoms with Crippen LogP contribution in [0.1, 0.15) is 33.3 Å². The van der Waals surface area contributed by atoms with Crippen LogP contribution in [0, 0.1) is 24.0 Å². The summed E-state index contributed by atoms with van der Waals surface area (Å²) in [7, 11) is 1.62. The summed E-state index contributed by atoms with van der Waals surface area (Å²) in [4.78, 5) is 23.1. The average molecular weight is 476 g/mol. The van der Waals surface area contributed by atoms with Crippen LogP contribution in [-0.4, -0.2) is 27.7 Å². The Bertz CT molecular complexity index is 1360. The number of ether oxygens (including phenoxy) is 2. The molecular weight excluding hydrogens is 452 g/mol. The highest BCUT2D eigenvalue weighted by Crippen LogP contribution is 2.23. The minimum atomic E-state index is -0.479. The van der Waals surface area contributed by atoms with Crippen LogP contribution < -0.4 is 14.8 Å². The summed E-state index contributed by atoms with van der Waals surface area (Å²) in [6.07, 6.45) is 0. The molecule has 0 radical (unpaired) electrons. The second-order valence-corrected chi connectivity index (χ2v) is 7.81. The molecular formula is C25H24N4O6. The number of rotatable bonds is 9. The Hall–Kier alpha value is -4.60. The summed E-state index contributed by atoms with van der Waals surface area (Å²) >= 11 is 0. The number of amides is 1. The van der Waals surface area contributed by atoms with Crippen molar-refractivity contribution in [2.45, 2.75) is 27.0 Å². The molecule has 10 heteroatoms. The summed E-state index contributed by atoms with van der Waals surface area (Å²) in [6, 6.07) is 16.7. The quantitative estimate of drug-likeness (QED) is 0.270. The molecule has 0 aliphatic rings. The Balaban J connectivity index is 1.39. The molecule has 10 nitrogen and oxygen atoms in total. The molecule has 4 aromatic rings. The molecule has 4 rings (SSSR count). The first-order valence-electron chi connectivity index (χ1n) is 10.8. The van der Waals surface area contributed by atoms with Crippen LogP contribution in [0.15, 0.2) is 65.1 Å². The summed E-state index contributed by atoms with van der Waals surface area (Å²) in [5.41, 5.74) is 3.13. The van der Waals surface area contributed by atoms with Gasteiger partial charge in [0.15, 0.2) is 5.76 Å². The summed E-state index contributed by atoms with van der Waals surface area (Å²) in [5.74, 6) is 1.39. The number of nitro benzene ring substituents is 1. The largest absolute Gasteiger partial charge is 0.497 e. The van der Waals surface area contributed by atoms with Gasteiger partial charge in [0.1, 0.15) is 23.9 Å². The van der Waals surface area contributed by atoms with E-state index in [1.54, 1.807) is 19.2 Å². The molecule has 1 amide bonds. The number of hydrogen-bond acceptors (Lipinski definition) is 7. The maximum Gasteiger partial charge on any atom is 0.291 e. The van der Waals surface area contributed by atoms with Gasteiger partial charge in [-0.15, -0.1) is 0 Å². The van der Waals surface area contributed by atoms with Crippen LogP contribution in [0.4, 0.5) is 11.4 Å². The topological polar surface area (TPSA) is 122 Å². The van der Waals surface area contributed by atoms with Crippen LogP contribution in [0.25, 0.3) is 0 Å². The van der Waals surface area contributed by atoms with Gasteiger partial charge in [0.2, 0.25) is 0 Å². The molecule has 0 atom stereocenters. The maximum absolute atomic E-state index is 12.8. The molecule has 0 unspecified atom stereocenters. The number of methoxy groups -OCH3 is 1. The third kappa shape index (κ3) is 5.49. The van der Waals surface area contributed by atoms with Crippen LogP contribution in [-0.2, 0) is 13.2 Å². The summed E-state index contributed by atoms with van der Waals surface area (Å²) in [6.45, 7) is 4.32. The molecule has 0 saturated carbocycles. The average Bonchev–Trinajstić information content (AvgIpc) is 3.43. The zero-order chi connectivity index (χ0) is 24.9. The Labute approximate surface area is 201 Å². The van der Waals surface area contributed by atoms with Gasteiger partial charge in [-0.05, 0) is 55.8 Å². The van der Waals surface area contributed by atoms with E-state index in [2.05, 4.69) is 10.4 Å². The van der Waals surface area contributed by atoms with E-state index in [9.17, 15) is 14.9 Å². The maximum atomic E-state index is 12.8. The van der Waals surface area contributed by atoms with Crippen LogP contribution in [0.2, 0.25) is 0 Å². The van der Waals surface area contributed by atoms with Gasteiger partial charge in [-0.3, -0.25) is 19.6 Å². The van der Waals surface area contributed by atoms with Crippen LogP contribution in [0.5, 0.6) is 11.5 Å². The fourth-order valence-corrected chi connectivity index (χ4v) is 3.55. The zero-order valence-electron chi connectivity index (χ0n) is 19.5. The van der Waals surface area contributed by atoms with Gasteiger partial charge in [-0.2, -0.15) is 5.10 Å². The van der Waals surface area contributed by atoms with Crippen molar-refractivity contribution in [3.63, 3.8) is 0 Å². The lowest BCUT2D eigenvalue weighted by Crippen LogP contribution is -2.12. The van der Waals surface area contributed by atoms with E-state index >= 15 is 0 Å². The van der Waals surface area contributed by atoms with E-state index in [0.29, 0.717) is 29.4 Å². The molecule has 0 fully saturated rings. The molecule has 2 aromatic heterocycles. The molecule has 35 heavy (non-hydrogen) atoms. The highest BCUT2D eigenvalue weighted by molar-refractivity contribution is 6.02. The van der Waals surface area contributed by atoms with Gasteiger partial charge >= 0.3 is 0 Å². The highest BCUT2D eigenvalue weighted by atomic mass is 16.6. The first-order valence-corrected chi connectivity index (χ1v) is 10.8. The molecule has 0 bridgehead atoms. The number of carbonyl (C=O) groups excluding carboxylic acids is 1. The zero-order valence-corrected chi connectivity index (χ0v) is 19.5. The number of anilines is 1. The summed E-state index contributed by atoms with van der Waals surface area (Å²) < 4.78 is 18.3. The van der Waals surface area contributed by atoms with Crippen molar-refractivity contribution in [2.75, 3.05) is 12.4 Å². The predicted octanol–water partition coefficient (Wildman–Crippen LogP) is 4.89.